The van der Waals surface area contributed by atoms with Crippen molar-refractivity contribution in [3.8, 4) is 0 Å². The second-order valence-electron chi connectivity index (χ2n) is 16.2. The fraction of sp³-hybridized carbons (Fsp3) is 0.969. The van der Waals surface area contributed by atoms with Crippen LogP contribution < -0.4 is 0 Å². The highest BCUT2D eigenvalue weighted by molar-refractivity contribution is 5.66. The molecule has 0 radical (unpaired) electrons. The maximum absolute atomic E-state index is 11.9. The van der Waals surface area contributed by atoms with E-state index >= 15 is 0 Å². The molecule has 0 N–H and O–H groups in total. The molecule has 0 unspecified atom stereocenters. The van der Waals surface area contributed by atoms with Gasteiger partial charge in [-0.2, -0.15) is 0 Å². The first-order chi connectivity index (χ1) is 16.2. The highest BCUT2D eigenvalue weighted by Gasteiger charge is 2.72. The SMILES string of the molecule is CC(=O)O[C@H]1CC[C@]2(C)[C@H](CC[C@]3(C)[C@H]2CC[C@@H]2[C@@H]4[C@@H]5OC[C@@]4(CCC5(C)C)CC[C@@]23C)C1(C)C. The molecule has 0 amide bonds. The molecule has 6 fully saturated rings. The molecule has 2 bridgehead atoms. The van der Waals surface area contributed by atoms with Crippen LogP contribution >= 0.6 is 0 Å². The Morgan fingerprint density at radius 2 is 1.49 bits per heavy atom. The summed E-state index contributed by atoms with van der Waals surface area (Å²) in [4.78, 5) is 11.9. The topological polar surface area (TPSA) is 35.5 Å². The van der Waals surface area contributed by atoms with Gasteiger partial charge in [-0.25, -0.2) is 0 Å². The van der Waals surface area contributed by atoms with Crippen molar-refractivity contribution in [2.75, 3.05) is 6.61 Å². The van der Waals surface area contributed by atoms with Gasteiger partial charge in [-0.15, -0.1) is 0 Å². The molecule has 3 nitrogen and oxygen atoms in total. The van der Waals surface area contributed by atoms with Crippen molar-refractivity contribution in [1.82, 2.24) is 0 Å². The predicted octanol–water partition coefficient (Wildman–Crippen LogP) is 7.81. The van der Waals surface area contributed by atoms with E-state index in [1.54, 1.807) is 6.92 Å². The van der Waals surface area contributed by atoms with E-state index in [1.807, 2.05) is 0 Å². The Bertz CT molecular complexity index is 906. The maximum Gasteiger partial charge on any atom is 0.302 e. The summed E-state index contributed by atoms with van der Waals surface area (Å²) in [5.41, 5.74) is 2.00. The average molecular weight is 485 g/mol. The quantitative estimate of drug-likeness (QED) is 0.356. The molecule has 6 rings (SSSR count). The summed E-state index contributed by atoms with van der Waals surface area (Å²) >= 11 is 0. The molecule has 10 atom stereocenters. The van der Waals surface area contributed by atoms with E-state index in [0.717, 1.165) is 30.8 Å². The monoisotopic (exact) mass is 484 g/mol. The zero-order valence-corrected chi connectivity index (χ0v) is 24.0. The lowest BCUT2D eigenvalue weighted by Crippen LogP contribution is -2.67. The first-order valence-electron chi connectivity index (χ1n) is 15.0. The smallest absolute Gasteiger partial charge is 0.302 e. The molecule has 35 heavy (non-hydrogen) atoms. The van der Waals surface area contributed by atoms with E-state index in [9.17, 15) is 4.79 Å². The molecular formula is C32H52O3. The third kappa shape index (κ3) is 2.97. The van der Waals surface area contributed by atoms with Gasteiger partial charge in [-0.05, 0) is 115 Å². The zero-order chi connectivity index (χ0) is 25.2. The number of hydrogen-bond donors (Lipinski definition) is 0. The van der Waals surface area contributed by atoms with Crippen LogP contribution in [0.4, 0.5) is 0 Å². The van der Waals surface area contributed by atoms with Crippen molar-refractivity contribution in [3.63, 3.8) is 0 Å². The first kappa shape index (κ1) is 24.7. The van der Waals surface area contributed by atoms with Crippen molar-refractivity contribution in [3.05, 3.63) is 0 Å². The minimum absolute atomic E-state index is 0.0503. The first-order valence-corrected chi connectivity index (χ1v) is 15.0. The van der Waals surface area contributed by atoms with E-state index in [1.165, 1.54) is 57.8 Å². The van der Waals surface area contributed by atoms with Gasteiger partial charge in [0.05, 0.1) is 12.7 Å². The summed E-state index contributed by atoms with van der Waals surface area (Å²) < 4.78 is 12.7. The number of rotatable bonds is 1. The lowest BCUT2D eigenvalue weighted by Gasteiger charge is -2.73. The number of carbonyl (C=O) groups excluding carboxylic acids is 1. The molecule has 6 aliphatic rings. The van der Waals surface area contributed by atoms with Crippen LogP contribution in [-0.2, 0) is 14.3 Å². The van der Waals surface area contributed by atoms with Crippen molar-refractivity contribution < 1.29 is 14.3 Å². The van der Waals surface area contributed by atoms with E-state index in [0.29, 0.717) is 39.1 Å². The van der Waals surface area contributed by atoms with Gasteiger partial charge in [0.15, 0.2) is 0 Å². The predicted molar refractivity (Wildman–Crippen MR) is 140 cm³/mol. The molecule has 1 saturated heterocycles. The van der Waals surface area contributed by atoms with Gasteiger partial charge >= 0.3 is 5.97 Å². The van der Waals surface area contributed by atoms with Gasteiger partial charge in [0.25, 0.3) is 0 Å². The maximum atomic E-state index is 11.9. The van der Waals surface area contributed by atoms with E-state index < -0.39 is 0 Å². The molecular weight excluding hydrogens is 432 g/mol. The van der Waals surface area contributed by atoms with Crippen LogP contribution in [0.15, 0.2) is 0 Å². The number of fused-ring (bicyclic) bond motifs is 5. The highest BCUT2D eigenvalue weighted by Crippen LogP contribution is 2.78. The van der Waals surface area contributed by atoms with Crippen LogP contribution in [0.25, 0.3) is 0 Å². The van der Waals surface area contributed by atoms with Gasteiger partial charge < -0.3 is 9.47 Å². The number of esters is 1. The Morgan fingerprint density at radius 1 is 0.771 bits per heavy atom. The lowest BCUT2D eigenvalue weighted by molar-refractivity contribution is -0.254. The number of carbonyl (C=O) groups is 1. The minimum Gasteiger partial charge on any atom is -0.462 e. The summed E-state index contributed by atoms with van der Waals surface area (Å²) in [5, 5.41) is 0. The summed E-state index contributed by atoms with van der Waals surface area (Å²) in [7, 11) is 0. The molecule has 0 aromatic heterocycles. The second kappa shape index (κ2) is 7.29. The molecule has 5 aliphatic carbocycles. The Morgan fingerprint density at radius 3 is 2.20 bits per heavy atom. The summed E-state index contributed by atoms with van der Waals surface area (Å²) in [6.07, 6.45) is 13.7. The highest BCUT2D eigenvalue weighted by atomic mass is 16.5. The van der Waals surface area contributed by atoms with Crippen LogP contribution in [-0.4, -0.2) is 24.8 Å². The van der Waals surface area contributed by atoms with Crippen LogP contribution in [0.5, 0.6) is 0 Å². The number of hydrogen-bond acceptors (Lipinski definition) is 3. The third-order valence-corrected chi connectivity index (χ3v) is 14.4. The summed E-state index contributed by atoms with van der Waals surface area (Å²) in [6.45, 7) is 20.5. The third-order valence-electron chi connectivity index (χ3n) is 14.4. The van der Waals surface area contributed by atoms with E-state index in [-0.39, 0.29) is 17.5 Å². The molecule has 0 spiro atoms. The Balaban J connectivity index is 1.35. The largest absolute Gasteiger partial charge is 0.462 e. The average Bonchev–Trinajstić information content (AvgIpc) is 3.10. The Hall–Kier alpha value is -0.570. The fourth-order valence-corrected chi connectivity index (χ4v) is 12.4. The Labute approximate surface area is 214 Å². The normalized spacial score (nSPS) is 55.7. The van der Waals surface area contributed by atoms with Gasteiger partial charge in [0.2, 0.25) is 0 Å². The second-order valence-corrected chi connectivity index (χ2v) is 16.2. The van der Waals surface area contributed by atoms with Gasteiger partial charge in [0, 0.05) is 12.3 Å². The molecule has 1 aliphatic heterocycles. The van der Waals surface area contributed by atoms with E-state index in [2.05, 4.69) is 48.5 Å². The molecule has 0 aromatic carbocycles. The van der Waals surface area contributed by atoms with Crippen LogP contribution in [0.2, 0.25) is 0 Å². The van der Waals surface area contributed by atoms with Crippen molar-refractivity contribution >= 4 is 5.97 Å². The Kier molecular flexibility index (Phi) is 5.16. The molecule has 5 saturated carbocycles. The van der Waals surface area contributed by atoms with Crippen molar-refractivity contribution in [2.24, 2.45) is 56.2 Å². The van der Waals surface area contributed by atoms with Crippen LogP contribution in [0.1, 0.15) is 120 Å². The van der Waals surface area contributed by atoms with Crippen LogP contribution in [0.3, 0.4) is 0 Å². The van der Waals surface area contributed by atoms with Crippen molar-refractivity contribution in [2.45, 2.75) is 132 Å². The van der Waals surface area contributed by atoms with Gasteiger partial charge in [-0.1, -0.05) is 48.5 Å². The fourth-order valence-electron chi connectivity index (χ4n) is 12.4. The van der Waals surface area contributed by atoms with E-state index in [4.69, 9.17) is 9.47 Å². The molecule has 1 heterocycles. The molecule has 3 heteroatoms. The van der Waals surface area contributed by atoms with Gasteiger partial charge in [0.1, 0.15) is 6.10 Å². The van der Waals surface area contributed by atoms with Gasteiger partial charge in [-0.3, -0.25) is 4.79 Å². The number of ether oxygens (including phenoxy) is 2. The molecule has 198 valence electrons. The lowest BCUT2D eigenvalue weighted by atomic mass is 9.31. The van der Waals surface area contributed by atoms with Crippen LogP contribution in [0, 0.1) is 56.2 Å². The molecule has 0 aromatic rings. The minimum atomic E-state index is -0.108. The summed E-state index contributed by atoms with van der Waals surface area (Å²) in [5.74, 6) is 2.88. The van der Waals surface area contributed by atoms with Crippen molar-refractivity contribution in [1.29, 1.82) is 0 Å². The zero-order valence-electron chi connectivity index (χ0n) is 24.0. The summed E-state index contributed by atoms with van der Waals surface area (Å²) in [6, 6.07) is 0. The standard InChI is InChI=1S/C32H52O3/c1-20(33)35-24-12-13-29(6)22(28(24,4)5)11-14-31(8)23(29)10-9-21-25-26-27(2,3)15-17-32(25,19-34-26)18-16-30(21,31)7/h21-26H,9-19H2,1-8H3/t21-,22-,23+,24+,25-,26+,29-,30+,31-,32-/m1/s1.